The average Bonchev–Trinajstić information content (AvgIpc) is 3.21. The third-order valence-corrected chi connectivity index (χ3v) is 3.19. The second-order valence-corrected chi connectivity index (χ2v) is 5.08. The summed E-state index contributed by atoms with van der Waals surface area (Å²) in [5.74, 6) is -0.0440. The lowest BCUT2D eigenvalue weighted by atomic mass is 10.2. The van der Waals surface area contributed by atoms with Gasteiger partial charge in [0.15, 0.2) is 0 Å². The Morgan fingerprint density at radius 3 is 2.75 bits per heavy atom. The molecule has 1 aromatic heterocycles. The van der Waals surface area contributed by atoms with Crippen LogP contribution in [0.5, 0.6) is 0 Å². The number of carboxylic acid groups (broad SMARTS) is 1. The zero-order valence-corrected chi connectivity index (χ0v) is 11.3. The van der Waals surface area contributed by atoms with E-state index in [-0.39, 0.29) is 12.5 Å². The van der Waals surface area contributed by atoms with Crippen LogP contribution in [0.25, 0.3) is 0 Å². The summed E-state index contributed by atoms with van der Waals surface area (Å²) in [4.78, 5) is 26.1. The van der Waals surface area contributed by atoms with Crippen molar-refractivity contribution in [3.63, 3.8) is 0 Å². The first-order chi connectivity index (χ1) is 9.63. The normalized spacial score (nSPS) is 13.8. The molecule has 108 valence electrons. The predicted octanol–water partition coefficient (Wildman–Crippen LogP) is 2.02. The van der Waals surface area contributed by atoms with E-state index < -0.39 is 5.97 Å². The van der Waals surface area contributed by atoms with E-state index in [4.69, 9.17) is 5.11 Å². The van der Waals surface area contributed by atoms with Crippen molar-refractivity contribution < 1.29 is 14.7 Å². The summed E-state index contributed by atoms with van der Waals surface area (Å²) in [6.07, 6.45) is 6.20. The fourth-order valence-electron chi connectivity index (χ4n) is 1.93. The van der Waals surface area contributed by atoms with Gasteiger partial charge in [0.1, 0.15) is 0 Å². The number of anilines is 1. The molecule has 1 aliphatic rings. The lowest BCUT2D eigenvalue weighted by Gasteiger charge is -2.07. The first-order valence-corrected chi connectivity index (χ1v) is 6.85. The van der Waals surface area contributed by atoms with E-state index in [0.29, 0.717) is 17.9 Å². The van der Waals surface area contributed by atoms with Gasteiger partial charge in [-0.2, -0.15) is 0 Å². The number of carbonyl (C=O) groups excluding carboxylic acids is 1. The molecule has 0 aliphatic heterocycles. The fraction of sp³-hybridized carbons (Fsp3) is 0.500. The van der Waals surface area contributed by atoms with E-state index in [1.807, 2.05) is 0 Å². The van der Waals surface area contributed by atoms with Crippen molar-refractivity contribution in [3.8, 4) is 0 Å². The number of rotatable bonds is 7. The number of hydrogen-bond acceptors (Lipinski definition) is 3. The van der Waals surface area contributed by atoms with Gasteiger partial charge in [0.05, 0.1) is 24.0 Å². The molecule has 0 radical (unpaired) electrons. The molecule has 2 amide bonds. The first kappa shape index (κ1) is 14.3. The Kier molecular flexibility index (Phi) is 4.92. The molecule has 0 bridgehead atoms. The predicted molar refractivity (Wildman–Crippen MR) is 74.6 cm³/mol. The van der Waals surface area contributed by atoms with Crippen molar-refractivity contribution >= 4 is 17.7 Å². The number of aromatic nitrogens is 1. The molecule has 0 atom stereocenters. The highest BCUT2D eigenvalue weighted by Gasteiger charge is 2.20. The van der Waals surface area contributed by atoms with Crippen LogP contribution >= 0.6 is 0 Å². The number of nitrogens with one attached hydrogen (secondary N) is 2. The second-order valence-electron chi connectivity index (χ2n) is 5.08. The van der Waals surface area contributed by atoms with Gasteiger partial charge in [0.2, 0.25) is 0 Å². The molecule has 0 spiro atoms. The minimum absolute atomic E-state index is 0.117. The zero-order valence-electron chi connectivity index (χ0n) is 11.3. The Balaban J connectivity index is 1.68. The smallest absolute Gasteiger partial charge is 0.319 e. The molecular formula is C14H19N3O3. The Bertz CT molecular complexity index is 469. The Hall–Kier alpha value is -2.11. The number of hydrogen-bond donors (Lipinski definition) is 3. The number of carbonyl (C=O) groups is 2. The minimum Gasteiger partial charge on any atom is -0.481 e. The summed E-state index contributed by atoms with van der Waals surface area (Å²) >= 11 is 0. The maximum Gasteiger partial charge on any atom is 0.319 e. The van der Waals surface area contributed by atoms with Gasteiger partial charge < -0.3 is 15.7 Å². The summed E-state index contributed by atoms with van der Waals surface area (Å²) in [5, 5.41) is 14.1. The number of carboxylic acids is 1. The highest BCUT2D eigenvalue weighted by Crippen LogP contribution is 2.33. The third kappa shape index (κ3) is 5.26. The zero-order chi connectivity index (χ0) is 14.4. The highest BCUT2D eigenvalue weighted by molar-refractivity contribution is 5.88. The molecule has 1 heterocycles. The largest absolute Gasteiger partial charge is 0.481 e. The lowest BCUT2D eigenvalue weighted by Crippen LogP contribution is -2.29. The van der Waals surface area contributed by atoms with E-state index >= 15 is 0 Å². The van der Waals surface area contributed by atoms with Crippen LogP contribution in [0.3, 0.4) is 0 Å². The third-order valence-electron chi connectivity index (χ3n) is 3.19. The molecule has 0 saturated heterocycles. The van der Waals surface area contributed by atoms with Crippen LogP contribution in [0, 0.1) is 5.92 Å². The molecular weight excluding hydrogens is 258 g/mol. The standard InChI is InChI=1S/C14H19N3O3/c18-13(19)8-11-5-6-12(9-16-11)17-14(20)15-7-1-2-10-3-4-10/h5-6,9-10H,1-4,7-8H2,(H,18,19)(H2,15,17,20). The van der Waals surface area contributed by atoms with Crippen molar-refractivity contribution in [2.24, 2.45) is 5.92 Å². The van der Waals surface area contributed by atoms with Crippen LogP contribution in [0.15, 0.2) is 18.3 Å². The molecule has 1 aromatic rings. The highest BCUT2D eigenvalue weighted by atomic mass is 16.4. The van der Waals surface area contributed by atoms with Crippen molar-refractivity contribution in [1.82, 2.24) is 10.3 Å². The number of urea groups is 1. The molecule has 0 unspecified atom stereocenters. The molecule has 0 aromatic carbocycles. The van der Waals surface area contributed by atoms with Gasteiger partial charge >= 0.3 is 12.0 Å². The van der Waals surface area contributed by atoms with Crippen LogP contribution in [0.1, 0.15) is 31.4 Å². The average molecular weight is 277 g/mol. The minimum atomic E-state index is -0.924. The first-order valence-electron chi connectivity index (χ1n) is 6.85. The van der Waals surface area contributed by atoms with Crippen LogP contribution < -0.4 is 10.6 Å². The quantitative estimate of drug-likeness (QED) is 0.665. The van der Waals surface area contributed by atoms with Crippen molar-refractivity contribution in [3.05, 3.63) is 24.0 Å². The molecule has 1 saturated carbocycles. The Labute approximate surface area is 117 Å². The summed E-state index contributed by atoms with van der Waals surface area (Å²) in [5.41, 5.74) is 1.02. The summed E-state index contributed by atoms with van der Waals surface area (Å²) in [6.45, 7) is 0.673. The molecule has 6 nitrogen and oxygen atoms in total. The topological polar surface area (TPSA) is 91.3 Å². The van der Waals surface area contributed by atoms with Crippen LogP contribution in [-0.4, -0.2) is 28.6 Å². The van der Waals surface area contributed by atoms with Crippen LogP contribution in [0.2, 0.25) is 0 Å². The Morgan fingerprint density at radius 2 is 2.15 bits per heavy atom. The van der Waals surface area contributed by atoms with Crippen LogP contribution in [-0.2, 0) is 11.2 Å². The van der Waals surface area contributed by atoms with E-state index in [2.05, 4.69) is 15.6 Å². The van der Waals surface area contributed by atoms with Crippen molar-refractivity contribution in [2.75, 3.05) is 11.9 Å². The SMILES string of the molecule is O=C(O)Cc1ccc(NC(=O)NCCCC2CC2)cn1. The number of nitrogens with zero attached hydrogens (tertiary/aromatic N) is 1. The maximum atomic E-state index is 11.6. The summed E-state index contributed by atoms with van der Waals surface area (Å²) in [7, 11) is 0. The van der Waals surface area contributed by atoms with Crippen LogP contribution in [0.4, 0.5) is 10.5 Å². The van der Waals surface area contributed by atoms with Gasteiger partial charge in [-0.15, -0.1) is 0 Å². The maximum absolute atomic E-state index is 11.6. The summed E-state index contributed by atoms with van der Waals surface area (Å²) < 4.78 is 0. The van der Waals surface area contributed by atoms with E-state index in [1.54, 1.807) is 12.1 Å². The monoisotopic (exact) mass is 277 g/mol. The van der Waals surface area contributed by atoms with Crippen molar-refractivity contribution in [2.45, 2.75) is 32.1 Å². The Morgan fingerprint density at radius 1 is 1.35 bits per heavy atom. The van der Waals surface area contributed by atoms with Gasteiger partial charge in [-0.25, -0.2) is 4.79 Å². The molecule has 2 rings (SSSR count). The van der Waals surface area contributed by atoms with Gasteiger partial charge in [0, 0.05) is 6.54 Å². The second kappa shape index (κ2) is 6.88. The molecule has 1 fully saturated rings. The van der Waals surface area contributed by atoms with Gasteiger partial charge in [-0.3, -0.25) is 9.78 Å². The molecule has 1 aliphatic carbocycles. The van der Waals surface area contributed by atoms with Gasteiger partial charge in [0.25, 0.3) is 0 Å². The van der Waals surface area contributed by atoms with Crippen molar-refractivity contribution in [1.29, 1.82) is 0 Å². The number of amides is 2. The van der Waals surface area contributed by atoms with E-state index in [0.717, 1.165) is 12.3 Å². The number of aliphatic carboxylic acids is 1. The molecule has 6 heteroatoms. The summed E-state index contributed by atoms with van der Waals surface area (Å²) in [6, 6.07) is 2.99. The molecule has 3 N–H and O–H groups in total. The van der Waals surface area contributed by atoms with E-state index in [1.165, 1.54) is 25.5 Å². The van der Waals surface area contributed by atoms with Gasteiger partial charge in [-0.1, -0.05) is 12.8 Å². The van der Waals surface area contributed by atoms with E-state index in [9.17, 15) is 9.59 Å². The lowest BCUT2D eigenvalue weighted by molar-refractivity contribution is -0.136. The number of pyridine rings is 1. The van der Waals surface area contributed by atoms with Gasteiger partial charge in [-0.05, 0) is 30.9 Å². The molecule has 20 heavy (non-hydrogen) atoms. The fourth-order valence-corrected chi connectivity index (χ4v) is 1.93.